The van der Waals surface area contributed by atoms with Gasteiger partial charge in [0.2, 0.25) is 0 Å². The number of fused-ring (bicyclic) bond motifs is 2. The van der Waals surface area contributed by atoms with Gasteiger partial charge in [-0.2, -0.15) is 0 Å². The lowest BCUT2D eigenvalue weighted by Gasteiger charge is -2.22. The number of nitrogens with one attached hydrogen (secondary N) is 1. The molecule has 1 fully saturated rings. The lowest BCUT2D eigenvalue weighted by atomic mass is 9.94. The predicted octanol–water partition coefficient (Wildman–Crippen LogP) is 2.92. The maximum atomic E-state index is 14.4. The van der Waals surface area contributed by atoms with Gasteiger partial charge in [-0.05, 0) is 51.1 Å². The molecule has 0 atom stereocenters. The van der Waals surface area contributed by atoms with Gasteiger partial charge in [0.05, 0.1) is 11.4 Å². The summed E-state index contributed by atoms with van der Waals surface area (Å²) < 4.78 is 17.6. The van der Waals surface area contributed by atoms with Crippen molar-refractivity contribution in [2.24, 2.45) is 0 Å². The summed E-state index contributed by atoms with van der Waals surface area (Å²) in [7, 11) is 0. The Morgan fingerprint density at radius 2 is 1.89 bits per heavy atom. The Hall–Kier alpha value is -3.06. The number of piperidine rings is 1. The number of rotatable bonds is 2. The Morgan fingerprint density at radius 3 is 2.71 bits per heavy atom. The van der Waals surface area contributed by atoms with Crippen molar-refractivity contribution in [2.75, 3.05) is 13.1 Å². The third kappa shape index (κ3) is 2.88. The molecule has 0 spiro atoms. The summed E-state index contributed by atoms with van der Waals surface area (Å²) in [5.41, 5.74) is 3.84. The summed E-state index contributed by atoms with van der Waals surface area (Å²) in [6.07, 6.45) is 7.30. The minimum Gasteiger partial charge on any atom is -0.317 e. The van der Waals surface area contributed by atoms with Gasteiger partial charge >= 0.3 is 0 Å². The van der Waals surface area contributed by atoms with Crippen molar-refractivity contribution < 1.29 is 4.39 Å². The number of aromatic nitrogens is 4. The van der Waals surface area contributed by atoms with Crippen molar-refractivity contribution in [2.45, 2.75) is 25.7 Å². The van der Waals surface area contributed by atoms with Crippen LogP contribution >= 0.6 is 0 Å². The molecule has 0 aromatic carbocycles. The molecule has 0 amide bonds. The molecule has 4 aromatic rings. The highest BCUT2D eigenvalue weighted by atomic mass is 19.1. The highest BCUT2D eigenvalue weighted by molar-refractivity contribution is 5.66. The SMILES string of the molecule is Cc1cn2cc(-c3ccc4nc(C5CCNCC5)cc(=O)n4c3)cc(F)c2n1. The Morgan fingerprint density at radius 1 is 1.07 bits per heavy atom. The summed E-state index contributed by atoms with van der Waals surface area (Å²) in [5.74, 6) is -0.0722. The smallest absolute Gasteiger partial charge is 0.258 e. The topological polar surface area (TPSA) is 63.7 Å². The Balaban J connectivity index is 1.60. The Bertz CT molecular complexity index is 1250. The van der Waals surface area contributed by atoms with Crippen LogP contribution in [0, 0.1) is 12.7 Å². The van der Waals surface area contributed by atoms with Crippen LogP contribution in [-0.2, 0) is 0 Å². The van der Waals surface area contributed by atoms with E-state index < -0.39 is 5.82 Å². The number of hydrogen-bond donors (Lipinski definition) is 1. The molecule has 142 valence electrons. The van der Waals surface area contributed by atoms with Crippen molar-refractivity contribution in [1.82, 2.24) is 24.1 Å². The third-order valence-corrected chi connectivity index (χ3v) is 5.40. The quantitative estimate of drug-likeness (QED) is 0.583. The minimum absolute atomic E-state index is 0.111. The zero-order valence-corrected chi connectivity index (χ0v) is 15.5. The maximum absolute atomic E-state index is 14.4. The van der Waals surface area contributed by atoms with Crippen LogP contribution in [0.15, 0.2) is 47.7 Å². The second-order valence-electron chi connectivity index (χ2n) is 7.38. The molecule has 0 bridgehead atoms. The monoisotopic (exact) mass is 377 g/mol. The van der Waals surface area contributed by atoms with E-state index in [9.17, 15) is 9.18 Å². The van der Waals surface area contributed by atoms with Crippen LogP contribution in [0.2, 0.25) is 0 Å². The highest BCUT2D eigenvalue weighted by Crippen LogP contribution is 2.25. The molecule has 1 aliphatic heterocycles. The first-order valence-electron chi connectivity index (χ1n) is 9.48. The highest BCUT2D eigenvalue weighted by Gasteiger charge is 2.18. The van der Waals surface area contributed by atoms with Crippen molar-refractivity contribution in [1.29, 1.82) is 0 Å². The number of hydrogen-bond acceptors (Lipinski definition) is 4. The van der Waals surface area contributed by atoms with Gasteiger partial charge in [0, 0.05) is 41.7 Å². The van der Waals surface area contributed by atoms with Crippen LogP contribution in [0.1, 0.15) is 30.1 Å². The average molecular weight is 377 g/mol. The van der Waals surface area contributed by atoms with Crippen LogP contribution < -0.4 is 10.9 Å². The molecule has 4 aromatic heterocycles. The lowest BCUT2D eigenvalue weighted by molar-refractivity contribution is 0.453. The fourth-order valence-electron chi connectivity index (χ4n) is 3.96. The normalized spacial score (nSPS) is 15.5. The number of halogens is 1. The molecular formula is C21H20FN5O. The van der Waals surface area contributed by atoms with E-state index in [1.807, 2.05) is 25.3 Å². The predicted molar refractivity (Wildman–Crippen MR) is 105 cm³/mol. The van der Waals surface area contributed by atoms with Crippen molar-refractivity contribution in [3.63, 3.8) is 0 Å². The summed E-state index contributed by atoms with van der Waals surface area (Å²) in [5, 5.41) is 3.33. The fourth-order valence-corrected chi connectivity index (χ4v) is 3.96. The van der Waals surface area contributed by atoms with E-state index in [-0.39, 0.29) is 5.56 Å². The molecule has 1 saturated heterocycles. The number of imidazole rings is 1. The third-order valence-electron chi connectivity index (χ3n) is 5.40. The molecule has 1 N–H and O–H groups in total. The van der Waals surface area contributed by atoms with Crippen molar-refractivity contribution >= 4 is 11.3 Å². The molecule has 0 saturated carbocycles. The fraction of sp³-hybridized carbons (Fsp3) is 0.286. The minimum atomic E-state index is -0.391. The van der Waals surface area contributed by atoms with E-state index in [2.05, 4.69) is 10.3 Å². The van der Waals surface area contributed by atoms with Crippen LogP contribution in [0.25, 0.3) is 22.4 Å². The largest absolute Gasteiger partial charge is 0.317 e. The second kappa shape index (κ2) is 6.53. The van der Waals surface area contributed by atoms with E-state index in [0.29, 0.717) is 22.8 Å². The van der Waals surface area contributed by atoms with Crippen LogP contribution in [0.4, 0.5) is 4.39 Å². The molecule has 5 heterocycles. The summed E-state index contributed by atoms with van der Waals surface area (Å²) >= 11 is 0. The maximum Gasteiger partial charge on any atom is 0.258 e. The van der Waals surface area contributed by atoms with E-state index in [4.69, 9.17) is 4.98 Å². The van der Waals surface area contributed by atoms with Crippen molar-refractivity contribution in [3.05, 3.63) is 70.4 Å². The summed E-state index contributed by atoms with van der Waals surface area (Å²) in [6, 6.07) is 6.78. The van der Waals surface area contributed by atoms with Gasteiger partial charge in [0.25, 0.3) is 5.56 Å². The van der Waals surface area contributed by atoms with Crippen molar-refractivity contribution in [3.8, 4) is 11.1 Å². The van der Waals surface area contributed by atoms with E-state index in [0.717, 1.165) is 42.9 Å². The lowest BCUT2D eigenvalue weighted by Crippen LogP contribution is -2.28. The number of nitrogens with zero attached hydrogens (tertiary/aromatic N) is 4. The molecule has 28 heavy (non-hydrogen) atoms. The van der Waals surface area contributed by atoms with Gasteiger partial charge in [-0.25, -0.2) is 14.4 Å². The summed E-state index contributed by atoms with van der Waals surface area (Å²) in [4.78, 5) is 21.6. The Labute approximate surface area is 160 Å². The Kier molecular flexibility index (Phi) is 3.98. The zero-order valence-electron chi connectivity index (χ0n) is 15.5. The van der Waals surface area contributed by atoms with Gasteiger partial charge in [-0.15, -0.1) is 0 Å². The molecule has 0 aliphatic carbocycles. The second-order valence-corrected chi connectivity index (χ2v) is 7.38. The van der Waals surface area contributed by atoms with Crippen LogP contribution in [-0.4, -0.2) is 31.9 Å². The molecule has 5 rings (SSSR count). The molecule has 0 unspecified atom stereocenters. The molecule has 6 nitrogen and oxygen atoms in total. The van der Waals surface area contributed by atoms with Gasteiger partial charge in [0.1, 0.15) is 5.65 Å². The van der Waals surface area contributed by atoms with Crippen LogP contribution in [0.5, 0.6) is 0 Å². The standard InChI is InChI=1S/C21H20FN5O/c1-13-10-26-11-16(8-17(22)21(26)24-13)15-2-3-19-25-18(9-20(28)27(19)12-15)14-4-6-23-7-5-14/h2-3,8-12,14,23H,4-7H2,1H3. The van der Waals surface area contributed by atoms with E-state index in [1.165, 1.54) is 10.5 Å². The number of aryl methyl sites for hydroxylation is 1. The van der Waals surface area contributed by atoms with Gasteiger partial charge < -0.3 is 9.72 Å². The van der Waals surface area contributed by atoms with Gasteiger partial charge in [-0.1, -0.05) is 0 Å². The first kappa shape index (κ1) is 17.1. The molecule has 0 radical (unpaired) electrons. The van der Waals surface area contributed by atoms with Gasteiger partial charge in [0.15, 0.2) is 11.5 Å². The molecule has 1 aliphatic rings. The molecular weight excluding hydrogens is 357 g/mol. The first-order valence-corrected chi connectivity index (χ1v) is 9.48. The van der Waals surface area contributed by atoms with Crippen LogP contribution in [0.3, 0.4) is 0 Å². The zero-order chi connectivity index (χ0) is 19.3. The van der Waals surface area contributed by atoms with E-state index >= 15 is 0 Å². The average Bonchev–Trinajstić information content (AvgIpc) is 3.09. The van der Waals surface area contributed by atoms with E-state index in [1.54, 1.807) is 22.9 Å². The summed E-state index contributed by atoms with van der Waals surface area (Å²) in [6.45, 7) is 3.73. The number of pyridine rings is 2. The molecule has 7 heteroatoms. The first-order chi connectivity index (χ1) is 13.6. The van der Waals surface area contributed by atoms with Gasteiger partial charge in [-0.3, -0.25) is 9.20 Å².